The van der Waals surface area contributed by atoms with Crippen LogP contribution in [0.5, 0.6) is 5.75 Å². The van der Waals surface area contributed by atoms with E-state index in [2.05, 4.69) is 6.92 Å². The number of rotatable bonds is 2. The number of hydrogen-bond acceptors (Lipinski definition) is 2. The highest BCUT2D eigenvalue weighted by Crippen LogP contribution is 2.39. The van der Waals surface area contributed by atoms with Crippen LogP contribution in [0.25, 0.3) is 6.08 Å². The highest BCUT2D eigenvalue weighted by atomic mass is 16.5. The number of benzene rings is 3. The molecule has 2 nitrogen and oxygen atoms in total. The number of aryl methyl sites for hydroxylation is 1. The molecular weight excluding hydrogens is 308 g/mol. The van der Waals surface area contributed by atoms with Gasteiger partial charge in [-0.2, -0.15) is 0 Å². The third-order valence-electron chi connectivity index (χ3n) is 4.42. The zero-order valence-corrected chi connectivity index (χ0v) is 14.0. The molecule has 0 aromatic heterocycles. The van der Waals surface area contributed by atoms with E-state index in [9.17, 15) is 4.79 Å². The molecule has 1 heterocycles. The van der Waals surface area contributed by atoms with Crippen LogP contribution >= 0.6 is 0 Å². The number of carbonyl (C=O) groups is 1. The zero-order chi connectivity index (χ0) is 17.2. The van der Waals surface area contributed by atoms with Crippen LogP contribution in [-0.4, -0.2) is 5.78 Å². The number of ether oxygens (including phenoxy) is 1. The summed E-state index contributed by atoms with van der Waals surface area (Å²) in [5.41, 5.74) is 4.45. The monoisotopic (exact) mass is 326 g/mol. The molecule has 122 valence electrons. The first-order valence-corrected chi connectivity index (χ1v) is 8.36. The number of Topliss-reactive ketones (excluding diaryl/α,β-unsaturated/α-hetero) is 1. The zero-order valence-electron chi connectivity index (χ0n) is 14.0. The molecule has 0 fully saturated rings. The van der Waals surface area contributed by atoms with Gasteiger partial charge in [-0.1, -0.05) is 72.3 Å². The topological polar surface area (TPSA) is 26.3 Å². The average Bonchev–Trinajstić information content (AvgIpc) is 2.66. The average molecular weight is 326 g/mol. The van der Waals surface area contributed by atoms with Crippen LogP contribution in [0.2, 0.25) is 0 Å². The lowest BCUT2D eigenvalue weighted by Crippen LogP contribution is -2.23. The maximum Gasteiger partial charge on any atom is 0.196 e. The summed E-state index contributed by atoms with van der Waals surface area (Å²) in [4.78, 5) is 13.1. The van der Waals surface area contributed by atoms with Crippen molar-refractivity contribution in [1.29, 1.82) is 0 Å². The summed E-state index contributed by atoms with van der Waals surface area (Å²) in [7, 11) is 0. The van der Waals surface area contributed by atoms with Gasteiger partial charge >= 0.3 is 0 Å². The predicted molar refractivity (Wildman–Crippen MR) is 99.7 cm³/mol. The van der Waals surface area contributed by atoms with E-state index in [1.54, 1.807) is 0 Å². The fraction of sp³-hybridized carbons (Fsp3) is 0.0870. The molecule has 0 aliphatic carbocycles. The summed E-state index contributed by atoms with van der Waals surface area (Å²) in [6, 6.07) is 25.5. The van der Waals surface area contributed by atoms with Gasteiger partial charge in [0.2, 0.25) is 0 Å². The van der Waals surface area contributed by atoms with Gasteiger partial charge in [-0.05, 0) is 36.3 Å². The Hall–Kier alpha value is -3.13. The van der Waals surface area contributed by atoms with Crippen LogP contribution in [0.1, 0.15) is 33.2 Å². The molecule has 0 N–H and O–H groups in total. The van der Waals surface area contributed by atoms with Gasteiger partial charge in [0.15, 0.2) is 11.9 Å². The predicted octanol–water partition coefficient (Wildman–Crippen LogP) is 5.40. The molecule has 1 aliphatic heterocycles. The van der Waals surface area contributed by atoms with E-state index in [0.717, 1.165) is 11.1 Å². The molecule has 0 amide bonds. The Kier molecular flexibility index (Phi) is 3.95. The van der Waals surface area contributed by atoms with Crippen molar-refractivity contribution in [2.45, 2.75) is 13.0 Å². The Morgan fingerprint density at radius 1 is 0.840 bits per heavy atom. The van der Waals surface area contributed by atoms with Gasteiger partial charge in [-0.25, -0.2) is 0 Å². The second-order valence-electron chi connectivity index (χ2n) is 6.24. The number of fused-ring (bicyclic) bond motifs is 1. The third kappa shape index (κ3) is 2.99. The van der Waals surface area contributed by atoms with Gasteiger partial charge in [-0.15, -0.1) is 0 Å². The molecule has 0 spiro atoms. The number of hydrogen-bond donors (Lipinski definition) is 0. The summed E-state index contributed by atoms with van der Waals surface area (Å²) in [6.45, 7) is 2.05. The molecule has 4 rings (SSSR count). The second-order valence-corrected chi connectivity index (χ2v) is 6.24. The Bertz CT molecular complexity index is 937. The van der Waals surface area contributed by atoms with Gasteiger partial charge < -0.3 is 4.74 Å². The Morgan fingerprint density at radius 2 is 1.52 bits per heavy atom. The number of para-hydroxylation sites is 1. The fourth-order valence-corrected chi connectivity index (χ4v) is 3.08. The van der Waals surface area contributed by atoms with Crippen molar-refractivity contribution in [3.8, 4) is 5.75 Å². The molecule has 3 aromatic rings. The lowest BCUT2D eigenvalue weighted by atomic mass is 9.89. The van der Waals surface area contributed by atoms with Crippen molar-refractivity contribution in [2.75, 3.05) is 0 Å². The van der Waals surface area contributed by atoms with E-state index in [1.165, 1.54) is 5.56 Å². The lowest BCUT2D eigenvalue weighted by molar-refractivity contribution is 0.0963. The Labute approximate surface area is 147 Å². The summed E-state index contributed by atoms with van der Waals surface area (Å²) >= 11 is 0. The van der Waals surface area contributed by atoms with Crippen LogP contribution in [0, 0.1) is 6.92 Å². The molecule has 1 unspecified atom stereocenters. The van der Waals surface area contributed by atoms with Gasteiger partial charge in [0, 0.05) is 5.57 Å². The molecule has 25 heavy (non-hydrogen) atoms. The Balaban J connectivity index is 1.85. The minimum absolute atomic E-state index is 0.0243. The fourth-order valence-electron chi connectivity index (χ4n) is 3.08. The standard InChI is InChI=1S/C23H18O2/c1-16-11-13-17(14-12-16)15-20-22(24)19-9-5-6-10-21(19)25-23(20)18-7-3-2-4-8-18/h2-15,23H,1H3/b20-15-. The lowest BCUT2D eigenvalue weighted by Gasteiger charge is -2.28. The molecule has 0 bridgehead atoms. The smallest absolute Gasteiger partial charge is 0.196 e. The minimum atomic E-state index is -0.398. The van der Waals surface area contributed by atoms with E-state index in [1.807, 2.05) is 84.9 Å². The third-order valence-corrected chi connectivity index (χ3v) is 4.42. The van der Waals surface area contributed by atoms with Crippen LogP contribution in [0.15, 0.2) is 84.4 Å². The highest BCUT2D eigenvalue weighted by molar-refractivity contribution is 6.14. The van der Waals surface area contributed by atoms with Crippen LogP contribution in [0.3, 0.4) is 0 Å². The van der Waals surface area contributed by atoms with E-state index >= 15 is 0 Å². The van der Waals surface area contributed by atoms with Gasteiger partial charge in [-0.3, -0.25) is 4.79 Å². The van der Waals surface area contributed by atoms with E-state index in [0.29, 0.717) is 16.9 Å². The summed E-state index contributed by atoms with van der Waals surface area (Å²) in [5, 5.41) is 0. The van der Waals surface area contributed by atoms with Crippen molar-refractivity contribution >= 4 is 11.9 Å². The van der Waals surface area contributed by atoms with Crippen LogP contribution in [0.4, 0.5) is 0 Å². The van der Waals surface area contributed by atoms with Crippen molar-refractivity contribution in [1.82, 2.24) is 0 Å². The van der Waals surface area contributed by atoms with Gasteiger partial charge in [0.25, 0.3) is 0 Å². The maximum absolute atomic E-state index is 13.1. The molecule has 3 aromatic carbocycles. The van der Waals surface area contributed by atoms with E-state index in [4.69, 9.17) is 4.74 Å². The summed E-state index contributed by atoms with van der Waals surface area (Å²) < 4.78 is 6.21. The van der Waals surface area contributed by atoms with Gasteiger partial charge in [0.1, 0.15) is 5.75 Å². The summed E-state index contributed by atoms with van der Waals surface area (Å²) in [6.07, 6.45) is 1.54. The molecule has 1 aliphatic rings. The minimum Gasteiger partial charge on any atom is -0.480 e. The largest absolute Gasteiger partial charge is 0.480 e. The van der Waals surface area contributed by atoms with Crippen molar-refractivity contribution in [2.24, 2.45) is 0 Å². The highest BCUT2D eigenvalue weighted by Gasteiger charge is 2.32. The number of carbonyl (C=O) groups excluding carboxylic acids is 1. The number of ketones is 1. The van der Waals surface area contributed by atoms with Gasteiger partial charge in [0.05, 0.1) is 5.56 Å². The molecule has 0 saturated carbocycles. The molecule has 1 atom stereocenters. The van der Waals surface area contributed by atoms with Crippen molar-refractivity contribution < 1.29 is 9.53 Å². The van der Waals surface area contributed by atoms with Crippen molar-refractivity contribution in [3.63, 3.8) is 0 Å². The molecule has 2 heteroatoms. The molecule has 0 radical (unpaired) electrons. The quantitative estimate of drug-likeness (QED) is 0.590. The Morgan fingerprint density at radius 3 is 2.28 bits per heavy atom. The van der Waals surface area contributed by atoms with E-state index in [-0.39, 0.29) is 5.78 Å². The van der Waals surface area contributed by atoms with E-state index < -0.39 is 6.10 Å². The second kappa shape index (κ2) is 6.40. The normalized spacial score (nSPS) is 17.9. The van der Waals surface area contributed by atoms with Crippen LogP contribution < -0.4 is 4.74 Å². The first-order chi connectivity index (χ1) is 12.2. The maximum atomic E-state index is 13.1. The molecular formula is C23H18O2. The summed E-state index contributed by atoms with van der Waals surface area (Å²) in [5.74, 6) is 0.665. The first-order valence-electron chi connectivity index (χ1n) is 8.36. The van der Waals surface area contributed by atoms with Crippen molar-refractivity contribution in [3.05, 3.63) is 107 Å². The SMILES string of the molecule is Cc1ccc(/C=C2/C(=O)c3ccccc3OC2c2ccccc2)cc1. The van der Waals surface area contributed by atoms with Crippen LogP contribution in [-0.2, 0) is 0 Å². The molecule has 0 saturated heterocycles. The first kappa shape index (κ1) is 15.4.